The van der Waals surface area contributed by atoms with Crippen molar-refractivity contribution in [3.63, 3.8) is 0 Å². The van der Waals surface area contributed by atoms with E-state index in [1.165, 1.54) is 315 Å². The van der Waals surface area contributed by atoms with E-state index in [9.17, 15) is 40.5 Å². The summed E-state index contributed by atoms with van der Waals surface area (Å²) in [5.74, 6) is -0.700. The number of aliphatic hydroxyl groups is 7. The van der Waals surface area contributed by atoms with E-state index in [4.69, 9.17) is 9.47 Å². The first-order valence-corrected chi connectivity index (χ1v) is 39.9. The Hall–Kier alpha value is -1.67. The maximum absolute atomic E-state index is 13.3. The van der Waals surface area contributed by atoms with E-state index >= 15 is 0 Å². The maximum atomic E-state index is 13.3. The second kappa shape index (κ2) is 68.3. The molecule has 0 saturated carbocycles. The fourth-order valence-electron chi connectivity index (χ4n) is 13.1. The van der Waals surface area contributed by atoms with Crippen molar-refractivity contribution in [1.82, 2.24) is 5.32 Å². The largest absolute Gasteiger partial charge is 0.394 e. The van der Waals surface area contributed by atoms with E-state index in [1.807, 2.05) is 0 Å². The number of hydrogen-bond donors (Lipinski definition) is 8. The number of unbranched alkanes of at least 4 members (excludes halogenated alkanes) is 53. The van der Waals surface area contributed by atoms with E-state index < -0.39 is 74.2 Å². The quantitative estimate of drug-likeness (QED) is 0.0215. The van der Waals surface area contributed by atoms with Gasteiger partial charge in [-0.05, 0) is 70.6 Å². The molecule has 1 fully saturated rings. The van der Waals surface area contributed by atoms with E-state index in [-0.39, 0.29) is 12.8 Å². The molecule has 8 N–H and O–H groups in total. The van der Waals surface area contributed by atoms with Crippen LogP contribution in [0.1, 0.15) is 399 Å². The topological polar surface area (TPSA) is 189 Å². The van der Waals surface area contributed by atoms with Crippen molar-refractivity contribution in [2.45, 2.75) is 454 Å². The van der Waals surface area contributed by atoms with Gasteiger partial charge in [-0.2, -0.15) is 0 Å². The lowest BCUT2D eigenvalue weighted by molar-refractivity contribution is -0.303. The molecule has 9 atom stereocenters. The summed E-state index contributed by atoms with van der Waals surface area (Å²) in [6.07, 6.45) is 78.4. The van der Waals surface area contributed by atoms with Crippen LogP contribution >= 0.6 is 0 Å². The second-order valence-corrected chi connectivity index (χ2v) is 28.1. The first kappa shape index (κ1) is 87.3. The van der Waals surface area contributed by atoms with Gasteiger partial charge in [-0.25, -0.2) is 0 Å². The van der Waals surface area contributed by atoms with Crippen LogP contribution < -0.4 is 5.32 Å². The Balaban J connectivity index is 2.13. The van der Waals surface area contributed by atoms with Crippen molar-refractivity contribution >= 4 is 5.91 Å². The van der Waals surface area contributed by atoms with E-state index in [2.05, 4.69) is 55.6 Å². The molecule has 1 amide bonds. The Morgan fingerprint density at radius 1 is 0.385 bits per heavy atom. The molecule has 0 aromatic rings. The molecule has 0 radical (unpaired) electrons. The van der Waals surface area contributed by atoms with Gasteiger partial charge in [0, 0.05) is 0 Å². The molecule has 538 valence electrons. The molecule has 1 rings (SSSR count). The van der Waals surface area contributed by atoms with Crippen molar-refractivity contribution in [1.29, 1.82) is 0 Å². The van der Waals surface area contributed by atoms with Gasteiger partial charge in [0.05, 0.1) is 25.4 Å². The van der Waals surface area contributed by atoms with Crippen LogP contribution in [0.4, 0.5) is 0 Å². The molecule has 0 aromatic carbocycles. The highest BCUT2D eigenvalue weighted by atomic mass is 16.7. The average molecular weight is 1290 g/mol. The minimum Gasteiger partial charge on any atom is -0.394 e. The van der Waals surface area contributed by atoms with Crippen LogP contribution in [0.25, 0.3) is 0 Å². The number of carbonyl (C=O) groups excluding carboxylic acids is 1. The number of hydrogen-bond acceptors (Lipinski definition) is 10. The van der Waals surface area contributed by atoms with E-state index in [0.29, 0.717) is 12.8 Å². The van der Waals surface area contributed by atoms with Crippen molar-refractivity contribution in [3.8, 4) is 0 Å². The lowest BCUT2D eigenvalue weighted by Gasteiger charge is -2.40. The number of rotatable bonds is 71. The lowest BCUT2D eigenvalue weighted by atomic mass is 9.98. The van der Waals surface area contributed by atoms with Crippen molar-refractivity contribution in [3.05, 3.63) is 36.5 Å². The van der Waals surface area contributed by atoms with Crippen LogP contribution in [-0.4, -0.2) is 110 Å². The van der Waals surface area contributed by atoms with Crippen LogP contribution in [0, 0.1) is 0 Å². The molecule has 11 heteroatoms. The average Bonchev–Trinajstić information content (AvgIpc) is 1.21. The van der Waals surface area contributed by atoms with Gasteiger partial charge in [0.25, 0.3) is 0 Å². The van der Waals surface area contributed by atoms with Crippen LogP contribution in [0.15, 0.2) is 36.5 Å². The van der Waals surface area contributed by atoms with Crippen LogP contribution in [-0.2, 0) is 14.3 Å². The number of aliphatic hydroxyl groups excluding tert-OH is 7. The summed E-state index contributed by atoms with van der Waals surface area (Å²) < 4.78 is 11.2. The minimum absolute atomic E-state index is 0.256. The van der Waals surface area contributed by atoms with Crippen molar-refractivity contribution in [2.75, 3.05) is 13.2 Å². The molecule has 9 unspecified atom stereocenters. The molecule has 11 nitrogen and oxygen atoms in total. The SMILES string of the molecule is CCCCCCCCCCCCCCCCC/C=C\C/C=C\CCCCCCCCCCCCCCCCCCC(O)C(=O)NC(COC1OC(CO)C(O)C(O)C1O)C(O)C(O)CCC/C=C/CCCCCCCCCCCCCCCCCCCCCCC. The van der Waals surface area contributed by atoms with Gasteiger partial charge >= 0.3 is 0 Å². The second-order valence-electron chi connectivity index (χ2n) is 28.1. The third-order valence-electron chi connectivity index (χ3n) is 19.4. The Morgan fingerprint density at radius 3 is 1.01 bits per heavy atom. The summed E-state index contributed by atoms with van der Waals surface area (Å²) in [7, 11) is 0. The number of amides is 1. The zero-order valence-electron chi connectivity index (χ0n) is 59.9. The van der Waals surface area contributed by atoms with Gasteiger partial charge in [0.2, 0.25) is 5.91 Å². The Kier molecular flexibility index (Phi) is 65.5. The van der Waals surface area contributed by atoms with Gasteiger partial charge in [-0.15, -0.1) is 0 Å². The van der Waals surface area contributed by atoms with Crippen LogP contribution in [0.5, 0.6) is 0 Å². The van der Waals surface area contributed by atoms with Gasteiger partial charge < -0.3 is 50.5 Å². The standard InChI is InChI=1S/C80H153NO10/c1-3-5-7-9-11-13-15-17-19-21-23-25-27-29-31-32-33-34-35-36-37-38-39-40-41-42-44-46-48-50-52-54-56-58-60-62-64-66-68-73(84)79(89)81-71(70-90-80-78(88)77(87)76(86)74(69-82)91-80)75(85)72(83)67-65-63-61-59-57-55-53-51-49-47-45-43-30-28-26-24-22-20-18-16-14-12-10-8-6-4-2/h33-34,36-37,59,61,71-78,80,82-88H,3-32,35,38-58,60,62-70H2,1-2H3,(H,81,89)/b34-33-,37-36-,61-59+. The first-order valence-electron chi connectivity index (χ1n) is 39.9. The highest BCUT2D eigenvalue weighted by Crippen LogP contribution is 2.24. The van der Waals surface area contributed by atoms with E-state index in [0.717, 1.165) is 44.9 Å². The summed E-state index contributed by atoms with van der Waals surface area (Å²) in [5.41, 5.74) is 0. The molecular weight excluding hydrogens is 1130 g/mol. The molecule has 1 heterocycles. The highest BCUT2D eigenvalue weighted by Gasteiger charge is 2.44. The first-order chi connectivity index (χ1) is 44.7. The zero-order chi connectivity index (χ0) is 66.0. The Labute approximate surface area is 562 Å². The van der Waals surface area contributed by atoms with E-state index in [1.54, 1.807) is 0 Å². The predicted octanol–water partition coefficient (Wildman–Crippen LogP) is 20.5. The monoisotopic (exact) mass is 1290 g/mol. The summed E-state index contributed by atoms with van der Waals surface area (Å²) >= 11 is 0. The molecule has 1 saturated heterocycles. The molecule has 0 bridgehead atoms. The summed E-state index contributed by atoms with van der Waals surface area (Å²) in [4.78, 5) is 13.3. The van der Waals surface area contributed by atoms with Crippen molar-refractivity contribution in [2.24, 2.45) is 0 Å². The smallest absolute Gasteiger partial charge is 0.249 e. The van der Waals surface area contributed by atoms with Gasteiger partial charge in [0.15, 0.2) is 6.29 Å². The number of ether oxygens (including phenoxy) is 2. The van der Waals surface area contributed by atoms with Crippen LogP contribution in [0.2, 0.25) is 0 Å². The normalized spacial score (nSPS) is 18.5. The molecular formula is C80H153NO10. The fraction of sp³-hybridized carbons (Fsp3) is 0.912. The maximum Gasteiger partial charge on any atom is 0.249 e. The Bertz CT molecular complexity index is 1580. The van der Waals surface area contributed by atoms with Crippen molar-refractivity contribution < 1.29 is 50.0 Å². The molecule has 1 aliphatic rings. The fourth-order valence-corrected chi connectivity index (χ4v) is 13.1. The third kappa shape index (κ3) is 55.1. The third-order valence-corrected chi connectivity index (χ3v) is 19.4. The summed E-state index contributed by atoms with van der Waals surface area (Å²) in [5, 5.41) is 76.7. The molecule has 91 heavy (non-hydrogen) atoms. The summed E-state index contributed by atoms with van der Waals surface area (Å²) in [6, 6.07) is -1.19. The van der Waals surface area contributed by atoms with Gasteiger partial charge in [-0.3, -0.25) is 4.79 Å². The lowest BCUT2D eigenvalue weighted by Crippen LogP contribution is -2.60. The van der Waals surface area contributed by atoms with Gasteiger partial charge in [0.1, 0.15) is 36.6 Å². The zero-order valence-corrected chi connectivity index (χ0v) is 59.9. The number of nitrogens with one attached hydrogen (secondary N) is 1. The van der Waals surface area contributed by atoms with Crippen LogP contribution in [0.3, 0.4) is 0 Å². The number of carbonyl (C=O) groups is 1. The predicted molar refractivity (Wildman–Crippen MR) is 385 cm³/mol. The number of allylic oxidation sites excluding steroid dienone is 6. The minimum atomic E-state index is -1.67. The van der Waals surface area contributed by atoms with Gasteiger partial charge in [-0.1, -0.05) is 365 Å². The molecule has 0 aromatic heterocycles. The molecule has 0 spiro atoms. The highest BCUT2D eigenvalue weighted by molar-refractivity contribution is 5.80. The molecule has 1 aliphatic heterocycles. The Morgan fingerprint density at radius 2 is 0.681 bits per heavy atom. The summed E-state index contributed by atoms with van der Waals surface area (Å²) in [6.45, 7) is 3.51. The molecule has 0 aliphatic carbocycles.